The Kier molecular flexibility index (Phi) is 4.04. The van der Waals surface area contributed by atoms with Crippen LogP contribution in [0.3, 0.4) is 0 Å². The molecule has 2 atom stereocenters. The molecule has 1 unspecified atom stereocenters. The summed E-state index contributed by atoms with van der Waals surface area (Å²) >= 11 is 0. The van der Waals surface area contributed by atoms with E-state index in [0.717, 1.165) is 5.69 Å². The zero-order chi connectivity index (χ0) is 13.0. The second kappa shape index (κ2) is 5.73. The fourth-order valence-corrected chi connectivity index (χ4v) is 1.83. The summed E-state index contributed by atoms with van der Waals surface area (Å²) in [5.74, 6) is 0.485. The topological polar surface area (TPSA) is 70.6 Å². The summed E-state index contributed by atoms with van der Waals surface area (Å²) in [7, 11) is 0. The quantitative estimate of drug-likeness (QED) is 0.737. The first-order valence-electron chi connectivity index (χ1n) is 6.15. The number of anilines is 1. The lowest BCUT2D eigenvalue weighted by atomic mass is 10.2. The number of ether oxygens (including phenoxy) is 1. The van der Waals surface area contributed by atoms with Crippen molar-refractivity contribution in [1.29, 1.82) is 0 Å². The summed E-state index contributed by atoms with van der Waals surface area (Å²) in [5, 5.41) is 15.0. The van der Waals surface area contributed by atoms with Crippen LogP contribution >= 0.6 is 0 Å². The zero-order valence-corrected chi connectivity index (χ0v) is 10.3. The lowest BCUT2D eigenvalue weighted by Crippen LogP contribution is -2.49. The molecule has 0 saturated carbocycles. The van der Waals surface area contributed by atoms with E-state index in [0.29, 0.717) is 18.7 Å². The van der Waals surface area contributed by atoms with Crippen LogP contribution in [0.1, 0.15) is 13.3 Å². The van der Waals surface area contributed by atoms with Crippen LogP contribution in [0.25, 0.3) is 0 Å². The van der Waals surface area contributed by atoms with E-state index in [9.17, 15) is 4.79 Å². The number of nitrogens with one attached hydrogen (secondary N) is 2. The SMILES string of the molecule is CC[C@@H](CO)NC(=O)C1CNc2ccccc2O1. The third-order valence-electron chi connectivity index (χ3n) is 2.99. The molecule has 1 aliphatic rings. The Morgan fingerprint density at radius 1 is 1.61 bits per heavy atom. The number of fused-ring (bicyclic) bond motifs is 1. The van der Waals surface area contributed by atoms with Crippen molar-refractivity contribution in [1.82, 2.24) is 5.32 Å². The molecule has 1 aliphatic heterocycles. The number of carbonyl (C=O) groups is 1. The molecule has 0 bridgehead atoms. The molecule has 18 heavy (non-hydrogen) atoms. The second-order valence-electron chi connectivity index (χ2n) is 4.28. The third-order valence-corrected chi connectivity index (χ3v) is 2.99. The lowest BCUT2D eigenvalue weighted by Gasteiger charge is -2.27. The minimum absolute atomic E-state index is 0.0566. The maximum absolute atomic E-state index is 11.9. The number of para-hydroxylation sites is 2. The van der Waals surface area contributed by atoms with Gasteiger partial charge in [0.25, 0.3) is 5.91 Å². The highest BCUT2D eigenvalue weighted by Crippen LogP contribution is 2.28. The Morgan fingerprint density at radius 2 is 2.39 bits per heavy atom. The van der Waals surface area contributed by atoms with Crippen molar-refractivity contribution in [2.75, 3.05) is 18.5 Å². The van der Waals surface area contributed by atoms with Crippen molar-refractivity contribution < 1.29 is 14.6 Å². The minimum atomic E-state index is -0.555. The van der Waals surface area contributed by atoms with Crippen molar-refractivity contribution >= 4 is 11.6 Å². The molecule has 0 fully saturated rings. The number of rotatable bonds is 4. The molecule has 5 heteroatoms. The van der Waals surface area contributed by atoms with Gasteiger partial charge < -0.3 is 20.5 Å². The van der Waals surface area contributed by atoms with Gasteiger partial charge in [0.05, 0.1) is 24.9 Å². The Labute approximate surface area is 106 Å². The predicted octanol–water partition coefficient (Wildman–Crippen LogP) is 0.747. The first kappa shape index (κ1) is 12.7. The van der Waals surface area contributed by atoms with E-state index in [1.807, 2.05) is 31.2 Å². The van der Waals surface area contributed by atoms with Crippen LogP contribution in [0.4, 0.5) is 5.69 Å². The highest BCUT2D eigenvalue weighted by atomic mass is 16.5. The average molecular weight is 250 g/mol. The van der Waals surface area contributed by atoms with E-state index in [2.05, 4.69) is 10.6 Å². The Balaban J connectivity index is 1.98. The molecule has 2 rings (SSSR count). The molecule has 0 radical (unpaired) electrons. The summed E-state index contributed by atoms with van der Waals surface area (Å²) in [4.78, 5) is 11.9. The van der Waals surface area contributed by atoms with Gasteiger partial charge in [-0.2, -0.15) is 0 Å². The summed E-state index contributed by atoms with van der Waals surface area (Å²) in [6, 6.07) is 7.30. The molecule has 0 saturated heterocycles. The van der Waals surface area contributed by atoms with Crippen molar-refractivity contribution in [3.05, 3.63) is 24.3 Å². The number of benzene rings is 1. The van der Waals surface area contributed by atoms with E-state index in [1.54, 1.807) is 0 Å². The first-order chi connectivity index (χ1) is 8.74. The van der Waals surface area contributed by atoms with Crippen LogP contribution in [0, 0.1) is 0 Å². The maximum atomic E-state index is 11.9. The monoisotopic (exact) mass is 250 g/mol. The highest BCUT2D eigenvalue weighted by molar-refractivity contribution is 5.83. The van der Waals surface area contributed by atoms with E-state index in [4.69, 9.17) is 9.84 Å². The molecule has 1 heterocycles. The van der Waals surface area contributed by atoms with Gasteiger partial charge in [-0.3, -0.25) is 4.79 Å². The van der Waals surface area contributed by atoms with Crippen LogP contribution in [-0.4, -0.2) is 36.3 Å². The highest BCUT2D eigenvalue weighted by Gasteiger charge is 2.26. The van der Waals surface area contributed by atoms with Crippen molar-refractivity contribution in [3.63, 3.8) is 0 Å². The van der Waals surface area contributed by atoms with Gasteiger partial charge in [-0.05, 0) is 18.6 Å². The van der Waals surface area contributed by atoms with Crippen LogP contribution < -0.4 is 15.4 Å². The number of hydrogen-bond acceptors (Lipinski definition) is 4. The van der Waals surface area contributed by atoms with E-state index in [1.165, 1.54) is 0 Å². The lowest BCUT2D eigenvalue weighted by molar-refractivity contribution is -0.128. The minimum Gasteiger partial charge on any atom is -0.477 e. The third kappa shape index (κ3) is 2.73. The predicted molar refractivity (Wildman–Crippen MR) is 68.7 cm³/mol. The largest absolute Gasteiger partial charge is 0.477 e. The van der Waals surface area contributed by atoms with E-state index in [-0.39, 0.29) is 18.6 Å². The second-order valence-corrected chi connectivity index (χ2v) is 4.28. The molecule has 1 amide bonds. The fraction of sp³-hybridized carbons (Fsp3) is 0.462. The van der Waals surface area contributed by atoms with E-state index < -0.39 is 6.10 Å². The Bertz CT molecular complexity index is 418. The molecule has 1 aromatic rings. The summed E-state index contributed by atoms with van der Waals surface area (Å²) in [6.07, 6.45) is 0.138. The molecule has 0 aromatic heterocycles. The van der Waals surface area contributed by atoms with Crippen molar-refractivity contribution in [2.24, 2.45) is 0 Å². The maximum Gasteiger partial charge on any atom is 0.263 e. The van der Waals surface area contributed by atoms with Gasteiger partial charge in [0.2, 0.25) is 0 Å². The number of amides is 1. The Morgan fingerprint density at radius 3 is 3.11 bits per heavy atom. The normalized spacial score (nSPS) is 19.1. The number of aliphatic hydroxyl groups excluding tert-OH is 1. The van der Waals surface area contributed by atoms with Gasteiger partial charge in [-0.15, -0.1) is 0 Å². The van der Waals surface area contributed by atoms with Gasteiger partial charge in [0.1, 0.15) is 5.75 Å². The molecule has 0 aliphatic carbocycles. The van der Waals surface area contributed by atoms with Gasteiger partial charge in [0.15, 0.2) is 6.10 Å². The summed E-state index contributed by atoms with van der Waals surface area (Å²) in [6.45, 7) is 2.29. The van der Waals surface area contributed by atoms with Gasteiger partial charge in [-0.1, -0.05) is 19.1 Å². The summed E-state index contributed by atoms with van der Waals surface area (Å²) in [5.41, 5.74) is 0.899. The van der Waals surface area contributed by atoms with Gasteiger partial charge in [-0.25, -0.2) is 0 Å². The van der Waals surface area contributed by atoms with Gasteiger partial charge in [0, 0.05) is 0 Å². The fourth-order valence-electron chi connectivity index (χ4n) is 1.83. The van der Waals surface area contributed by atoms with Crippen molar-refractivity contribution in [2.45, 2.75) is 25.5 Å². The molecule has 3 N–H and O–H groups in total. The van der Waals surface area contributed by atoms with Crippen LogP contribution in [0.2, 0.25) is 0 Å². The zero-order valence-electron chi connectivity index (χ0n) is 10.3. The number of hydrogen-bond donors (Lipinski definition) is 3. The molecule has 1 aromatic carbocycles. The van der Waals surface area contributed by atoms with Gasteiger partial charge >= 0.3 is 0 Å². The smallest absolute Gasteiger partial charge is 0.263 e. The van der Waals surface area contributed by atoms with Crippen LogP contribution in [-0.2, 0) is 4.79 Å². The standard InChI is InChI=1S/C13H18N2O3/c1-2-9(8-16)15-13(17)12-7-14-10-5-3-4-6-11(10)18-12/h3-6,9,12,14,16H,2,7-8H2,1H3,(H,15,17)/t9-,12?/m0/s1. The Hall–Kier alpha value is -1.75. The number of carbonyl (C=O) groups excluding carboxylic acids is 1. The first-order valence-corrected chi connectivity index (χ1v) is 6.15. The number of aliphatic hydroxyl groups is 1. The molecular formula is C13H18N2O3. The molecule has 5 nitrogen and oxygen atoms in total. The van der Waals surface area contributed by atoms with E-state index >= 15 is 0 Å². The van der Waals surface area contributed by atoms with Crippen LogP contribution in [0.5, 0.6) is 5.75 Å². The van der Waals surface area contributed by atoms with Crippen molar-refractivity contribution in [3.8, 4) is 5.75 Å². The molecule has 0 spiro atoms. The summed E-state index contributed by atoms with van der Waals surface area (Å²) < 4.78 is 5.63. The van der Waals surface area contributed by atoms with Crippen LogP contribution in [0.15, 0.2) is 24.3 Å². The molecular weight excluding hydrogens is 232 g/mol. The average Bonchev–Trinajstić information content (AvgIpc) is 2.44. The molecule has 98 valence electrons.